The molecule has 0 aliphatic heterocycles. The number of carbonyl (C=O) groups is 3. The Hall–Kier alpha value is -1.81. The minimum atomic E-state index is -2.01. The summed E-state index contributed by atoms with van der Waals surface area (Å²) in [4.78, 5) is 36.7. The standard InChI is InChI=1S/C32H58O9/c1-7-8-9-10-11-12-13-17-26(34)18-15-14-16-22(2)19-23(3)20-24(4)28(35)25(5)31(38)41-27(21-33)29(36)30(37)32(39)40-6/h20,22-23,25-27,29-30,33-34,36-37H,7-19,21H2,1-6H3. The van der Waals surface area contributed by atoms with Crippen molar-refractivity contribution < 1.29 is 44.3 Å². The molecule has 0 saturated heterocycles. The molecule has 0 radical (unpaired) electrons. The molecule has 9 heteroatoms. The molecular weight excluding hydrogens is 528 g/mol. The van der Waals surface area contributed by atoms with E-state index >= 15 is 0 Å². The number of Topliss-reactive ketones (excluding diaryl/α,β-unsaturated/α-hetero) is 1. The van der Waals surface area contributed by atoms with Gasteiger partial charge in [0.05, 0.1) is 19.8 Å². The predicted octanol–water partition coefficient (Wildman–Crippen LogP) is 4.66. The van der Waals surface area contributed by atoms with Crippen LogP contribution in [0, 0.1) is 17.8 Å². The first kappa shape index (κ1) is 39.2. The fraction of sp³-hybridized carbons (Fsp3) is 0.844. The van der Waals surface area contributed by atoms with Crippen LogP contribution in [-0.4, -0.2) is 76.3 Å². The molecule has 0 aromatic carbocycles. The quantitative estimate of drug-likeness (QED) is 0.0548. The molecule has 4 N–H and O–H groups in total. The molecular formula is C32H58O9. The maximum atomic E-state index is 12.8. The molecule has 0 aliphatic rings. The third kappa shape index (κ3) is 17.0. The first-order valence-electron chi connectivity index (χ1n) is 15.5. The molecule has 7 unspecified atom stereocenters. The zero-order chi connectivity index (χ0) is 31.4. The molecule has 9 nitrogen and oxygen atoms in total. The summed E-state index contributed by atoms with van der Waals surface area (Å²) in [7, 11) is 1.01. The van der Waals surface area contributed by atoms with Gasteiger partial charge in [-0.25, -0.2) is 4.79 Å². The van der Waals surface area contributed by atoms with Crippen LogP contribution in [0.4, 0.5) is 0 Å². The summed E-state index contributed by atoms with van der Waals surface area (Å²) in [6, 6.07) is 0. The number of unbranched alkanes of at least 4 members (excludes halogenated alkanes) is 7. The summed E-state index contributed by atoms with van der Waals surface area (Å²) in [5, 5.41) is 39.5. The fourth-order valence-corrected chi connectivity index (χ4v) is 5.06. The maximum Gasteiger partial charge on any atom is 0.337 e. The number of allylic oxidation sites excluding steroid dienone is 2. The van der Waals surface area contributed by atoms with Crippen LogP contribution in [-0.2, 0) is 23.9 Å². The molecule has 0 amide bonds. The number of ether oxygens (including phenoxy) is 2. The van der Waals surface area contributed by atoms with Gasteiger partial charge >= 0.3 is 11.9 Å². The molecule has 0 aromatic heterocycles. The van der Waals surface area contributed by atoms with E-state index in [-0.39, 0.29) is 12.0 Å². The Labute approximate surface area is 247 Å². The summed E-state index contributed by atoms with van der Waals surface area (Å²) < 4.78 is 9.36. The molecule has 0 rings (SSSR count). The highest BCUT2D eigenvalue weighted by Gasteiger charge is 2.36. The van der Waals surface area contributed by atoms with E-state index < -0.39 is 48.6 Å². The number of aliphatic hydroxyl groups is 4. The molecule has 0 fully saturated rings. The number of carbonyl (C=O) groups excluding carboxylic acids is 3. The third-order valence-electron chi connectivity index (χ3n) is 7.66. The van der Waals surface area contributed by atoms with Gasteiger partial charge in [0, 0.05) is 0 Å². The van der Waals surface area contributed by atoms with E-state index in [1.54, 1.807) is 6.92 Å². The molecule has 0 aliphatic carbocycles. The Morgan fingerprint density at radius 2 is 1.34 bits per heavy atom. The van der Waals surface area contributed by atoms with Crippen molar-refractivity contribution in [3.8, 4) is 0 Å². The number of esters is 2. The topological polar surface area (TPSA) is 151 Å². The van der Waals surface area contributed by atoms with Gasteiger partial charge in [-0.15, -0.1) is 0 Å². The van der Waals surface area contributed by atoms with Crippen LogP contribution in [0.5, 0.6) is 0 Å². The first-order valence-corrected chi connectivity index (χ1v) is 15.5. The van der Waals surface area contributed by atoms with Crippen molar-refractivity contribution in [1.82, 2.24) is 0 Å². The van der Waals surface area contributed by atoms with Crippen LogP contribution in [0.1, 0.15) is 118 Å². The van der Waals surface area contributed by atoms with Gasteiger partial charge in [0.2, 0.25) is 0 Å². The monoisotopic (exact) mass is 586 g/mol. The van der Waals surface area contributed by atoms with Gasteiger partial charge < -0.3 is 29.9 Å². The van der Waals surface area contributed by atoms with E-state index in [4.69, 9.17) is 4.74 Å². The van der Waals surface area contributed by atoms with E-state index in [9.17, 15) is 34.8 Å². The summed E-state index contributed by atoms with van der Waals surface area (Å²) in [6.45, 7) is 8.58. The summed E-state index contributed by atoms with van der Waals surface area (Å²) in [5.41, 5.74) is 0.415. The normalized spacial score (nSPS) is 17.2. The lowest BCUT2D eigenvalue weighted by Gasteiger charge is -2.25. The van der Waals surface area contributed by atoms with Gasteiger partial charge in [0.15, 0.2) is 18.0 Å². The Morgan fingerprint density at radius 1 is 0.805 bits per heavy atom. The molecule has 0 heterocycles. The molecule has 41 heavy (non-hydrogen) atoms. The lowest BCUT2D eigenvalue weighted by molar-refractivity contribution is -0.178. The highest BCUT2D eigenvalue weighted by atomic mass is 16.6. The van der Waals surface area contributed by atoms with Crippen molar-refractivity contribution in [3.63, 3.8) is 0 Å². The average Bonchev–Trinajstić information content (AvgIpc) is 2.95. The van der Waals surface area contributed by atoms with Crippen LogP contribution < -0.4 is 0 Å². The van der Waals surface area contributed by atoms with Gasteiger partial charge in [0.25, 0.3) is 0 Å². The van der Waals surface area contributed by atoms with Gasteiger partial charge in [-0.1, -0.05) is 91.1 Å². The predicted molar refractivity (Wildman–Crippen MR) is 159 cm³/mol. The molecule has 0 spiro atoms. The van der Waals surface area contributed by atoms with E-state index in [0.717, 1.165) is 52.1 Å². The van der Waals surface area contributed by atoms with Crippen molar-refractivity contribution >= 4 is 17.7 Å². The smallest absolute Gasteiger partial charge is 0.337 e. The van der Waals surface area contributed by atoms with Gasteiger partial charge in [0.1, 0.15) is 12.0 Å². The molecule has 0 aromatic rings. The molecule has 240 valence electrons. The Bertz CT molecular complexity index is 766. The van der Waals surface area contributed by atoms with E-state index in [2.05, 4.69) is 18.6 Å². The lowest BCUT2D eigenvalue weighted by atomic mass is 9.89. The highest BCUT2D eigenvalue weighted by Crippen LogP contribution is 2.22. The van der Waals surface area contributed by atoms with E-state index in [1.807, 2.05) is 13.0 Å². The number of hydrogen-bond acceptors (Lipinski definition) is 9. The second-order valence-electron chi connectivity index (χ2n) is 11.7. The van der Waals surface area contributed by atoms with Crippen LogP contribution in [0.2, 0.25) is 0 Å². The number of hydrogen-bond donors (Lipinski definition) is 4. The van der Waals surface area contributed by atoms with Crippen molar-refractivity contribution in [2.75, 3.05) is 13.7 Å². The first-order chi connectivity index (χ1) is 19.4. The number of ketones is 1. The second kappa shape index (κ2) is 22.7. The minimum Gasteiger partial charge on any atom is -0.467 e. The SMILES string of the molecule is CCCCCCCCCC(O)CCCCC(C)CC(C)C=C(C)C(=O)C(C)C(=O)OC(CO)C(O)C(O)C(=O)OC. The number of rotatable bonds is 24. The van der Waals surface area contributed by atoms with Gasteiger partial charge in [-0.2, -0.15) is 0 Å². The van der Waals surface area contributed by atoms with Crippen molar-refractivity contribution in [2.24, 2.45) is 17.8 Å². The van der Waals surface area contributed by atoms with Crippen LogP contribution in [0.3, 0.4) is 0 Å². The zero-order valence-electron chi connectivity index (χ0n) is 26.3. The second-order valence-corrected chi connectivity index (χ2v) is 11.7. The van der Waals surface area contributed by atoms with Crippen LogP contribution in [0.25, 0.3) is 0 Å². The molecule has 0 saturated carbocycles. The number of methoxy groups -OCH3 is 1. The van der Waals surface area contributed by atoms with E-state index in [1.165, 1.54) is 45.4 Å². The average molecular weight is 587 g/mol. The van der Waals surface area contributed by atoms with E-state index in [0.29, 0.717) is 11.5 Å². The lowest BCUT2D eigenvalue weighted by Crippen LogP contribution is -2.47. The van der Waals surface area contributed by atoms with Gasteiger partial charge in [-0.3, -0.25) is 9.59 Å². The van der Waals surface area contributed by atoms with Crippen LogP contribution >= 0.6 is 0 Å². The highest BCUT2D eigenvalue weighted by molar-refractivity contribution is 6.07. The molecule has 0 bridgehead atoms. The molecule has 7 atom stereocenters. The largest absolute Gasteiger partial charge is 0.467 e. The van der Waals surface area contributed by atoms with Crippen molar-refractivity contribution in [3.05, 3.63) is 11.6 Å². The van der Waals surface area contributed by atoms with Gasteiger partial charge in [-0.05, 0) is 50.5 Å². The van der Waals surface area contributed by atoms with Crippen molar-refractivity contribution in [2.45, 2.75) is 143 Å². The third-order valence-corrected chi connectivity index (χ3v) is 7.66. The minimum absolute atomic E-state index is 0.113. The van der Waals surface area contributed by atoms with Crippen LogP contribution in [0.15, 0.2) is 11.6 Å². The Balaban J connectivity index is 4.48. The fourth-order valence-electron chi connectivity index (χ4n) is 5.06. The van der Waals surface area contributed by atoms with Crippen molar-refractivity contribution in [1.29, 1.82) is 0 Å². The Morgan fingerprint density at radius 3 is 1.90 bits per heavy atom. The summed E-state index contributed by atoms with van der Waals surface area (Å²) in [6.07, 6.45) is 10.6. The maximum absolute atomic E-state index is 12.8. The number of aliphatic hydroxyl groups excluding tert-OH is 4. The zero-order valence-corrected chi connectivity index (χ0v) is 26.3. The summed E-state index contributed by atoms with van der Waals surface area (Å²) in [5.74, 6) is -3.20. The Kier molecular flexibility index (Phi) is 21.7. The summed E-state index contributed by atoms with van der Waals surface area (Å²) >= 11 is 0.